The van der Waals surface area contributed by atoms with E-state index in [0.29, 0.717) is 24.7 Å². The molecular weight excluding hydrogens is 312 g/mol. The van der Waals surface area contributed by atoms with E-state index in [9.17, 15) is 4.79 Å². The van der Waals surface area contributed by atoms with Crippen LogP contribution in [-0.4, -0.2) is 5.97 Å². The largest absolute Gasteiger partial charge is 0.488 e. The molecule has 3 rings (SSSR count). The van der Waals surface area contributed by atoms with Crippen LogP contribution in [0, 0.1) is 6.92 Å². The lowest BCUT2D eigenvalue weighted by Crippen LogP contribution is -2.10. The van der Waals surface area contributed by atoms with E-state index in [0.717, 1.165) is 17.7 Å². The molecule has 1 aliphatic carbocycles. The molecule has 0 unspecified atom stereocenters. The van der Waals surface area contributed by atoms with E-state index in [4.69, 9.17) is 9.47 Å². The van der Waals surface area contributed by atoms with Crippen LogP contribution < -0.4 is 9.47 Å². The summed E-state index contributed by atoms with van der Waals surface area (Å²) >= 11 is 0. The molecule has 1 aliphatic rings. The highest BCUT2D eigenvalue weighted by Crippen LogP contribution is 2.44. The van der Waals surface area contributed by atoms with Crippen molar-refractivity contribution < 1.29 is 14.3 Å². The maximum atomic E-state index is 11.8. The standard InChI is InChI=1S/C22H26O3/c1-4-16-13-15(3)9-12-20(16)24-14-19-18(17-10-11-17)7-6-8-21(19)25-22(23)5-2/h6-9,12-13,17H,4-5,10-11,14H2,1-3H3. The number of carbonyl (C=O) groups excluding carboxylic acids is 1. The van der Waals surface area contributed by atoms with Gasteiger partial charge in [0.15, 0.2) is 0 Å². The highest BCUT2D eigenvalue weighted by atomic mass is 16.5. The lowest BCUT2D eigenvalue weighted by atomic mass is 10.0. The predicted octanol–water partition coefficient (Wildman–Crippen LogP) is 5.33. The molecule has 0 bridgehead atoms. The van der Waals surface area contributed by atoms with Crippen molar-refractivity contribution in [2.45, 2.75) is 59.0 Å². The first kappa shape index (κ1) is 17.5. The third-order valence-electron chi connectivity index (χ3n) is 4.67. The number of esters is 1. The Bertz CT molecular complexity index is 760. The zero-order valence-corrected chi connectivity index (χ0v) is 15.3. The van der Waals surface area contributed by atoms with Gasteiger partial charge in [0.05, 0.1) is 0 Å². The monoisotopic (exact) mass is 338 g/mol. The minimum atomic E-state index is -0.209. The summed E-state index contributed by atoms with van der Waals surface area (Å²) in [5, 5.41) is 0. The summed E-state index contributed by atoms with van der Waals surface area (Å²) in [6.07, 6.45) is 3.69. The van der Waals surface area contributed by atoms with Crippen LogP contribution in [0.15, 0.2) is 36.4 Å². The first-order chi connectivity index (χ1) is 12.1. The average Bonchev–Trinajstić information content (AvgIpc) is 3.46. The molecule has 0 aliphatic heterocycles. The summed E-state index contributed by atoms with van der Waals surface area (Å²) in [7, 11) is 0. The van der Waals surface area contributed by atoms with Gasteiger partial charge in [-0.3, -0.25) is 4.79 Å². The molecule has 1 saturated carbocycles. The van der Waals surface area contributed by atoms with Gasteiger partial charge < -0.3 is 9.47 Å². The first-order valence-corrected chi connectivity index (χ1v) is 9.17. The van der Waals surface area contributed by atoms with E-state index in [1.165, 1.54) is 29.5 Å². The van der Waals surface area contributed by atoms with Gasteiger partial charge in [-0.2, -0.15) is 0 Å². The lowest BCUT2D eigenvalue weighted by Gasteiger charge is -2.17. The molecule has 2 aromatic rings. The first-order valence-electron chi connectivity index (χ1n) is 9.17. The van der Waals surface area contributed by atoms with E-state index in [1.54, 1.807) is 0 Å². The van der Waals surface area contributed by atoms with Crippen molar-refractivity contribution in [3.05, 3.63) is 58.7 Å². The second-order valence-electron chi connectivity index (χ2n) is 6.68. The number of aryl methyl sites for hydroxylation is 2. The molecule has 1 fully saturated rings. The predicted molar refractivity (Wildman–Crippen MR) is 99.2 cm³/mol. The Kier molecular flexibility index (Phi) is 5.42. The van der Waals surface area contributed by atoms with Gasteiger partial charge in [0.1, 0.15) is 18.1 Å². The van der Waals surface area contributed by atoms with Crippen molar-refractivity contribution in [2.75, 3.05) is 0 Å². The second kappa shape index (κ2) is 7.73. The summed E-state index contributed by atoms with van der Waals surface area (Å²) in [5.74, 6) is 1.91. The quantitative estimate of drug-likeness (QED) is 0.506. The van der Waals surface area contributed by atoms with E-state index in [1.807, 2.05) is 25.1 Å². The molecule has 0 amide bonds. The molecule has 0 aromatic heterocycles. The number of carbonyl (C=O) groups is 1. The fourth-order valence-corrected chi connectivity index (χ4v) is 3.08. The van der Waals surface area contributed by atoms with Crippen LogP contribution in [0.1, 0.15) is 61.3 Å². The van der Waals surface area contributed by atoms with E-state index >= 15 is 0 Å². The van der Waals surface area contributed by atoms with Crippen molar-refractivity contribution >= 4 is 5.97 Å². The zero-order valence-electron chi connectivity index (χ0n) is 15.3. The summed E-state index contributed by atoms with van der Waals surface area (Å²) in [6.45, 7) is 6.46. The molecule has 0 saturated heterocycles. The van der Waals surface area contributed by atoms with Gasteiger partial charge in [0.2, 0.25) is 0 Å². The molecule has 0 atom stereocenters. The maximum absolute atomic E-state index is 11.8. The average molecular weight is 338 g/mol. The van der Waals surface area contributed by atoms with Crippen molar-refractivity contribution in [1.82, 2.24) is 0 Å². The normalized spacial score (nSPS) is 13.6. The van der Waals surface area contributed by atoms with Crippen molar-refractivity contribution in [1.29, 1.82) is 0 Å². The number of hydrogen-bond donors (Lipinski definition) is 0. The van der Waals surface area contributed by atoms with Crippen LogP contribution in [-0.2, 0) is 17.8 Å². The van der Waals surface area contributed by atoms with Crippen molar-refractivity contribution in [2.24, 2.45) is 0 Å². The summed E-state index contributed by atoms with van der Waals surface area (Å²) in [6, 6.07) is 12.2. The number of benzene rings is 2. The fraction of sp³-hybridized carbons (Fsp3) is 0.409. The van der Waals surface area contributed by atoms with E-state index in [-0.39, 0.29) is 5.97 Å². The van der Waals surface area contributed by atoms with Gasteiger partial charge in [-0.15, -0.1) is 0 Å². The summed E-state index contributed by atoms with van der Waals surface area (Å²) in [5.41, 5.74) is 4.71. The Morgan fingerprint density at radius 2 is 1.92 bits per heavy atom. The molecule has 132 valence electrons. The highest BCUT2D eigenvalue weighted by molar-refractivity contribution is 5.72. The van der Waals surface area contributed by atoms with Crippen LogP contribution >= 0.6 is 0 Å². The zero-order chi connectivity index (χ0) is 17.8. The fourth-order valence-electron chi connectivity index (χ4n) is 3.08. The van der Waals surface area contributed by atoms with E-state index in [2.05, 4.69) is 32.0 Å². The second-order valence-corrected chi connectivity index (χ2v) is 6.68. The number of ether oxygens (including phenoxy) is 2. The minimum Gasteiger partial charge on any atom is -0.488 e. The number of rotatable bonds is 7. The molecule has 0 N–H and O–H groups in total. The topological polar surface area (TPSA) is 35.5 Å². The molecule has 0 spiro atoms. The third kappa shape index (κ3) is 4.22. The molecule has 25 heavy (non-hydrogen) atoms. The Labute approximate surface area is 150 Å². The maximum Gasteiger partial charge on any atom is 0.310 e. The Morgan fingerprint density at radius 3 is 2.60 bits per heavy atom. The number of hydrogen-bond acceptors (Lipinski definition) is 3. The molecule has 3 nitrogen and oxygen atoms in total. The van der Waals surface area contributed by atoms with Gasteiger partial charge in [0, 0.05) is 12.0 Å². The van der Waals surface area contributed by atoms with Crippen LogP contribution in [0.25, 0.3) is 0 Å². The summed E-state index contributed by atoms with van der Waals surface area (Å²) < 4.78 is 11.7. The molecule has 0 radical (unpaired) electrons. The smallest absolute Gasteiger partial charge is 0.310 e. The van der Waals surface area contributed by atoms with Crippen LogP contribution in [0.5, 0.6) is 11.5 Å². The SMILES string of the molecule is CCC(=O)Oc1cccc(C2CC2)c1COc1ccc(C)cc1CC. The van der Waals surface area contributed by atoms with Gasteiger partial charge >= 0.3 is 5.97 Å². The van der Waals surface area contributed by atoms with Crippen LogP contribution in [0.4, 0.5) is 0 Å². The molecule has 3 heteroatoms. The lowest BCUT2D eigenvalue weighted by molar-refractivity contribution is -0.134. The highest BCUT2D eigenvalue weighted by Gasteiger charge is 2.28. The van der Waals surface area contributed by atoms with Gasteiger partial charge in [-0.05, 0) is 55.4 Å². The van der Waals surface area contributed by atoms with Gasteiger partial charge in [-0.1, -0.05) is 43.7 Å². The van der Waals surface area contributed by atoms with Crippen LogP contribution in [0.2, 0.25) is 0 Å². The van der Waals surface area contributed by atoms with Crippen molar-refractivity contribution in [3.63, 3.8) is 0 Å². The van der Waals surface area contributed by atoms with Gasteiger partial charge in [0.25, 0.3) is 0 Å². The molecular formula is C22H26O3. The van der Waals surface area contributed by atoms with E-state index < -0.39 is 0 Å². The van der Waals surface area contributed by atoms with Crippen molar-refractivity contribution in [3.8, 4) is 11.5 Å². The Hall–Kier alpha value is -2.29. The molecule has 0 heterocycles. The van der Waals surface area contributed by atoms with Gasteiger partial charge in [-0.25, -0.2) is 0 Å². The summed E-state index contributed by atoms with van der Waals surface area (Å²) in [4.78, 5) is 11.8. The van der Waals surface area contributed by atoms with Crippen LogP contribution in [0.3, 0.4) is 0 Å². The minimum absolute atomic E-state index is 0.209. The Balaban J connectivity index is 1.86. The third-order valence-corrected chi connectivity index (χ3v) is 4.67. The Morgan fingerprint density at radius 1 is 1.12 bits per heavy atom. The molecule has 2 aromatic carbocycles.